The lowest BCUT2D eigenvalue weighted by molar-refractivity contribution is 0.151. The summed E-state index contributed by atoms with van der Waals surface area (Å²) >= 11 is 0. The number of hydrogen-bond acceptors (Lipinski definition) is 8. The number of aliphatic hydroxyl groups excluding tert-OH is 1. The van der Waals surface area contributed by atoms with Crippen molar-refractivity contribution in [2.24, 2.45) is 11.5 Å². The van der Waals surface area contributed by atoms with Gasteiger partial charge in [0.2, 0.25) is 0 Å². The minimum atomic E-state index is -0.305. The maximum Gasteiger partial charge on any atom is 0.170 e. The topological polar surface area (TPSA) is 142 Å². The van der Waals surface area contributed by atoms with Crippen LogP contribution in [0.5, 0.6) is 5.75 Å². The van der Waals surface area contributed by atoms with Gasteiger partial charge in [0.15, 0.2) is 27.0 Å². The van der Waals surface area contributed by atoms with E-state index < -0.39 is 0 Å². The monoisotopic (exact) mass is 612 g/mol. The maximum absolute atomic E-state index is 9.62. The molecule has 0 fully saturated rings. The molecule has 2 aliphatic carbocycles. The molecule has 4 radical (unpaired) electrons. The zero-order valence-electron chi connectivity index (χ0n) is 25.1. The Kier molecular flexibility index (Phi) is 10.2. The first kappa shape index (κ1) is 32.9. The molecule has 0 saturated carbocycles. The molecule has 0 unspecified atom stereocenters. The summed E-state index contributed by atoms with van der Waals surface area (Å²) < 4.78 is 9.65. The summed E-state index contributed by atoms with van der Waals surface area (Å²) in [5, 5.41) is 25.0. The number of hydrogen-bond donors (Lipinski definition) is 3. The Hall–Kier alpha value is -4.51. The highest BCUT2D eigenvalue weighted by Crippen LogP contribution is 2.37. The number of aliphatic hydroxyl groups is 1. The molecule has 6 aromatic rings. The summed E-state index contributed by atoms with van der Waals surface area (Å²) in [6.45, 7) is 2.00. The number of pyridine rings is 2. The normalized spacial score (nSPS) is 19.8. The van der Waals surface area contributed by atoms with Crippen molar-refractivity contribution in [3.05, 3.63) is 113 Å². The smallest absolute Gasteiger partial charge is 0.170 e. The highest BCUT2D eigenvalue weighted by atomic mass is 16.5. The minimum Gasteiger partial charge on any atom is -0.484 e. The lowest BCUT2D eigenvalue weighted by Gasteiger charge is -2.30. The lowest BCUT2D eigenvalue weighted by Crippen LogP contribution is -2.23. The fourth-order valence-electron chi connectivity index (χ4n) is 5.84. The van der Waals surface area contributed by atoms with Crippen LogP contribution in [-0.4, -0.2) is 50.0 Å². The number of aryl methyl sites for hydroxylation is 1. The van der Waals surface area contributed by atoms with Crippen LogP contribution < -0.4 is 27.7 Å². The summed E-state index contributed by atoms with van der Waals surface area (Å²) in [4.78, 5) is 0. The number of aromatic nitrogens is 6. The van der Waals surface area contributed by atoms with E-state index in [1.807, 2.05) is 80.0 Å². The first-order chi connectivity index (χ1) is 21.8. The lowest BCUT2D eigenvalue weighted by atomic mass is 9.86. The number of nitrogens with zero attached hydrogens (tertiary/aromatic N) is 6. The molecule has 8 rings (SSSR count). The van der Waals surface area contributed by atoms with Crippen LogP contribution in [0.15, 0.2) is 85.2 Å². The molecule has 0 spiro atoms. The number of nitrogens with two attached hydrogens (primary N) is 2. The van der Waals surface area contributed by atoms with Crippen molar-refractivity contribution in [3.63, 3.8) is 0 Å². The summed E-state index contributed by atoms with van der Waals surface area (Å²) in [5.41, 5.74) is 20.0. The van der Waals surface area contributed by atoms with Crippen molar-refractivity contribution < 1.29 is 9.84 Å². The Morgan fingerprint density at radius 1 is 0.674 bits per heavy atom. The minimum absolute atomic E-state index is 0. The predicted molar refractivity (Wildman–Crippen MR) is 182 cm³/mol. The molecule has 232 valence electrons. The Morgan fingerprint density at radius 3 is 1.83 bits per heavy atom. The van der Waals surface area contributed by atoms with Crippen LogP contribution in [0.2, 0.25) is 0 Å². The van der Waals surface area contributed by atoms with Gasteiger partial charge in [-0.1, -0.05) is 62.0 Å². The van der Waals surface area contributed by atoms with Gasteiger partial charge >= 0.3 is 0 Å². The van der Waals surface area contributed by atoms with Gasteiger partial charge in [0.1, 0.15) is 11.9 Å². The van der Waals surface area contributed by atoms with Crippen molar-refractivity contribution in [1.29, 1.82) is 0 Å². The van der Waals surface area contributed by atoms with E-state index in [2.05, 4.69) is 32.5 Å². The largest absolute Gasteiger partial charge is 0.484 e. The van der Waals surface area contributed by atoms with Gasteiger partial charge in [-0.25, -0.2) is 0 Å². The highest BCUT2D eigenvalue weighted by Gasteiger charge is 2.26. The molecule has 4 aromatic heterocycles. The number of ether oxygens (including phenoxy) is 1. The van der Waals surface area contributed by atoms with E-state index in [9.17, 15) is 5.11 Å². The van der Waals surface area contributed by atoms with E-state index >= 15 is 0 Å². The molecule has 10 nitrogen and oxygen atoms in total. The molecule has 0 bridgehead atoms. The maximum atomic E-state index is 9.62. The van der Waals surface area contributed by atoms with Crippen LogP contribution in [0.4, 0.5) is 0 Å². The number of benzene rings is 2. The Morgan fingerprint density at radius 2 is 1.20 bits per heavy atom. The zero-order chi connectivity index (χ0) is 31.5. The number of rotatable bonds is 2. The van der Waals surface area contributed by atoms with E-state index in [0.717, 1.165) is 59.3 Å². The average Bonchev–Trinajstić information content (AvgIpc) is 3.62. The van der Waals surface area contributed by atoms with E-state index in [-0.39, 0.29) is 31.7 Å². The summed E-state index contributed by atoms with van der Waals surface area (Å²) in [6.07, 6.45) is 6.92. The SMILES string of the molecule is C.N[C@H]1CC[C@@H](O)c2ccccc21.[B]c1nnc2ccc(C)cn12.[B]c1nnc2ccc(O[C@@H]3CC[C@H](N)c4ccccc43)cn12. The van der Waals surface area contributed by atoms with E-state index in [0.29, 0.717) is 17.1 Å². The third-order valence-electron chi connectivity index (χ3n) is 8.24. The third kappa shape index (κ3) is 6.99. The van der Waals surface area contributed by atoms with Crippen molar-refractivity contribution in [2.45, 2.75) is 64.3 Å². The molecule has 12 heteroatoms. The number of fused-ring (bicyclic) bond motifs is 4. The second-order valence-electron chi connectivity index (χ2n) is 11.4. The molecule has 4 atom stereocenters. The highest BCUT2D eigenvalue weighted by molar-refractivity contribution is 6.29. The van der Waals surface area contributed by atoms with Gasteiger partial charge < -0.3 is 21.3 Å². The van der Waals surface area contributed by atoms with Crippen LogP contribution in [0.3, 0.4) is 0 Å². The van der Waals surface area contributed by atoms with Crippen LogP contribution in [-0.2, 0) is 0 Å². The van der Waals surface area contributed by atoms with Crippen LogP contribution >= 0.6 is 0 Å². The van der Waals surface area contributed by atoms with Gasteiger partial charge in [-0.3, -0.25) is 8.80 Å². The van der Waals surface area contributed by atoms with Gasteiger partial charge in [0.05, 0.1) is 23.7 Å². The molecular weight excluding hydrogens is 574 g/mol. The second kappa shape index (κ2) is 14.3. The Bertz CT molecular complexity index is 1900. The summed E-state index contributed by atoms with van der Waals surface area (Å²) in [7, 11) is 11.3. The van der Waals surface area contributed by atoms with Crippen molar-refractivity contribution >= 4 is 38.4 Å². The third-order valence-corrected chi connectivity index (χ3v) is 8.24. The zero-order valence-corrected chi connectivity index (χ0v) is 25.1. The van der Waals surface area contributed by atoms with E-state index in [1.165, 1.54) is 5.56 Å². The fraction of sp³-hybridized carbons (Fsp3) is 0.294. The van der Waals surface area contributed by atoms with Gasteiger partial charge in [0, 0.05) is 18.3 Å². The molecule has 2 aliphatic rings. The van der Waals surface area contributed by atoms with Gasteiger partial charge in [-0.2, -0.15) is 0 Å². The van der Waals surface area contributed by atoms with Crippen LogP contribution in [0, 0.1) is 6.92 Å². The van der Waals surface area contributed by atoms with Gasteiger partial charge in [0.25, 0.3) is 0 Å². The Labute approximate surface area is 271 Å². The van der Waals surface area contributed by atoms with E-state index in [4.69, 9.17) is 31.9 Å². The van der Waals surface area contributed by atoms with Crippen molar-refractivity contribution in [2.75, 3.05) is 0 Å². The van der Waals surface area contributed by atoms with Gasteiger partial charge in [-0.05, 0) is 78.6 Å². The molecule has 0 aliphatic heterocycles. The van der Waals surface area contributed by atoms with Crippen LogP contribution in [0.1, 0.15) is 85.2 Å². The first-order valence-electron chi connectivity index (χ1n) is 15.0. The molecule has 2 aromatic carbocycles. The Balaban J connectivity index is 0.000000147. The first-order valence-corrected chi connectivity index (χ1v) is 15.0. The second-order valence-corrected chi connectivity index (χ2v) is 11.4. The molecule has 4 heterocycles. The van der Waals surface area contributed by atoms with Crippen LogP contribution in [0.25, 0.3) is 11.3 Å². The van der Waals surface area contributed by atoms with Gasteiger partial charge in [-0.15, -0.1) is 20.4 Å². The van der Waals surface area contributed by atoms with Crippen molar-refractivity contribution in [3.8, 4) is 5.75 Å². The van der Waals surface area contributed by atoms with E-state index in [1.54, 1.807) is 8.80 Å². The standard InChI is InChI=1S/C16H15BN4O.C10H13NO.C7H6BN3.CH4/c17-16-20-19-15-8-5-10(9-21(15)16)22-14-7-6-13(18)11-3-1-2-4-12(11)14;11-9-5-6-10(12)8-4-2-1-3-7(8)9;1-5-2-3-6-9-10-7(8)11(6)4-5;/h1-5,8-9,13-14H,6-7,18H2;1-4,9-10,12H,5-6,11H2;2-4H,1H3;1H4/t13-,14+;9-,10+;;/m00../s1. The predicted octanol–water partition coefficient (Wildman–Crippen LogP) is 3.42. The van der Waals surface area contributed by atoms with Crippen molar-refractivity contribution in [1.82, 2.24) is 29.2 Å². The molecule has 46 heavy (non-hydrogen) atoms. The summed E-state index contributed by atoms with van der Waals surface area (Å²) in [6, 6.07) is 23.9. The molecule has 0 saturated heterocycles. The molecular formula is C34H38B2N8O2. The summed E-state index contributed by atoms with van der Waals surface area (Å²) in [5.74, 6) is 0.745. The average molecular weight is 612 g/mol. The molecule has 0 amide bonds. The quantitative estimate of drug-likeness (QED) is 0.253. The fourth-order valence-corrected chi connectivity index (χ4v) is 5.84. The molecule has 5 N–H and O–H groups in total.